The van der Waals surface area contributed by atoms with Crippen molar-refractivity contribution in [3.05, 3.63) is 83.4 Å². The van der Waals surface area contributed by atoms with Crippen molar-refractivity contribution in [2.75, 3.05) is 14.1 Å². The quantitative estimate of drug-likeness (QED) is 0.230. The molecular weight excluding hydrogens is 510 g/mol. The van der Waals surface area contributed by atoms with Gasteiger partial charge in [0, 0.05) is 11.8 Å². The van der Waals surface area contributed by atoms with Gasteiger partial charge >= 0.3 is 11.9 Å². The summed E-state index contributed by atoms with van der Waals surface area (Å²) in [7, 11) is 3.80. The summed E-state index contributed by atoms with van der Waals surface area (Å²) in [5.74, 6) is -0.417. The number of likely N-dealkylation sites (N-methyl/N-ethyl adjacent to an activating group) is 1. The third-order valence-corrected chi connectivity index (χ3v) is 9.07. The Labute approximate surface area is 248 Å². The van der Waals surface area contributed by atoms with E-state index in [1.807, 2.05) is 65.7 Å². The van der Waals surface area contributed by atoms with Crippen molar-refractivity contribution in [2.45, 2.75) is 97.3 Å². The van der Waals surface area contributed by atoms with Gasteiger partial charge in [-0.3, -0.25) is 4.90 Å². The first-order valence-corrected chi connectivity index (χ1v) is 15.0. The highest BCUT2D eigenvalue weighted by molar-refractivity contribution is 5.91. The fraction of sp³-hybridized carbons (Fsp3) is 0.556. The molecule has 5 atom stereocenters. The monoisotopic (exact) mass is 561 g/mol. The van der Waals surface area contributed by atoms with Gasteiger partial charge in [0.05, 0.1) is 5.56 Å². The molecule has 0 saturated heterocycles. The Morgan fingerprint density at radius 1 is 1.02 bits per heavy atom. The van der Waals surface area contributed by atoms with Gasteiger partial charge in [0.15, 0.2) is 5.54 Å². The third-order valence-electron chi connectivity index (χ3n) is 9.07. The minimum absolute atomic E-state index is 0.165. The lowest BCUT2D eigenvalue weighted by molar-refractivity contribution is -0.173. The van der Waals surface area contributed by atoms with Gasteiger partial charge in [-0.05, 0) is 94.8 Å². The molecule has 1 fully saturated rings. The second kappa shape index (κ2) is 12.5. The number of carbonyl (C=O) groups excluding carboxylic acids is 2. The summed E-state index contributed by atoms with van der Waals surface area (Å²) in [5, 5.41) is 0. The molecule has 0 N–H and O–H groups in total. The van der Waals surface area contributed by atoms with Gasteiger partial charge in [-0.1, -0.05) is 76.6 Å². The Bertz CT molecular complexity index is 1230. The summed E-state index contributed by atoms with van der Waals surface area (Å²) in [6, 6.07) is 16.0. The zero-order valence-electron chi connectivity index (χ0n) is 26.9. The number of benzene rings is 2. The number of rotatable bonds is 9. The largest absolute Gasteiger partial charge is 0.460 e. The zero-order valence-corrected chi connectivity index (χ0v) is 26.9. The average Bonchev–Trinajstić information content (AvgIpc) is 2.89. The lowest BCUT2D eigenvalue weighted by Crippen LogP contribution is -2.56. The van der Waals surface area contributed by atoms with E-state index < -0.39 is 17.1 Å². The molecule has 2 aromatic rings. The topological polar surface area (TPSA) is 55.8 Å². The van der Waals surface area contributed by atoms with Crippen molar-refractivity contribution in [1.82, 2.24) is 4.90 Å². The van der Waals surface area contributed by atoms with Crippen molar-refractivity contribution < 1.29 is 19.1 Å². The maximum atomic E-state index is 14.7. The zero-order chi connectivity index (χ0) is 30.8. The Morgan fingerprint density at radius 3 is 2.22 bits per heavy atom. The van der Waals surface area contributed by atoms with E-state index in [1.54, 1.807) is 18.2 Å². The first-order chi connectivity index (χ1) is 19.0. The van der Waals surface area contributed by atoms with E-state index in [-0.39, 0.29) is 29.3 Å². The maximum Gasteiger partial charge on any atom is 0.338 e. The van der Waals surface area contributed by atoms with Crippen LogP contribution < -0.4 is 0 Å². The smallest absolute Gasteiger partial charge is 0.338 e. The van der Waals surface area contributed by atoms with Crippen LogP contribution in [0.5, 0.6) is 0 Å². The second-order valence-corrected chi connectivity index (χ2v) is 13.8. The molecule has 0 aliphatic heterocycles. The molecule has 1 aliphatic carbocycles. The highest BCUT2D eigenvalue weighted by atomic mass is 16.6. The Hall–Kier alpha value is -2.92. The molecule has 0 heterocycles. The summed E-state index contributed by atoms with van der Waals surface area (Å²) < 4.78 is 12.4. The lowest BCUT2D eigenvalue weighted by atomic mass is 9.64. The molecular formula is C36H51NO4. The molecule has 0 aromatic heterocycles. The molecule has 0 spiro atoms. The first kappa shape index (κ1) is 32.6. The molecule has 0 bridgehead atoms. The number of nitrogens with zero attached hydrogens (tertiary/aromatic N) is 1. The highest BCUT2D eigenvalue weighted by Crippen LogP contribution is 2.46. The van der Waals surface area contributed by atoms with E-state index >= 15 is 0 Å². The predicted octanol–water partition coefficient (Wildman–Crippen LogP) is 7.86. The molecule has 2 aromatic carbocycles. The van der Waals surface area contributed by atoms with Crippen molar-refractivity contribution in [3.63, 3.8) is 0 Å². The van der Waals surface area contributed by atoms with Gasteiger partial charge in [-0.25, -0.2) is 9.59 Å². The van der Waals surface area contributed by atoms with Gasteiger partial charge in [0.25, 0.3) is 0 Å². The SMILES string of the molecule is C=CC(C)[C@](C(=O)O[C@H]1C[C@H](C)CC[C@H]1C(C)(C)c1ccccc1)(c1cc(C(=O)OC(C)(C)C)ccc1C)N(C)C. The second-order valence-electron chi connectivity index (χ2n) is 13.8. The van der Waals surface area contributed by atoms with Crippen LogP contribution in [0.2, 0.25) is 0 Å². The molecule has 41 heavy (non-hydrogen) atoms. The van der Waals surface area contributed by atoms with Crippen LogP contribution in [-0.4, -0.2) is 42.6 Å². The number of aryl methyl sites for hydroxylation is 1. The number of ether oxygens (including phenoxy) is 2. The van der Waals surface area contributed by atoms with Crippen LogP contribution in [0.1, 0.15) is 94.8 Å². The van der Waals surface area contributed by atoms with Crippen LogP contribution >= 0.6 is 0 Å². The molecule has 0 amide bonds. The third kappa shape index (κ3) is 6.77. The average molecular weight is 562 g/mol. The van der Waals surface area contributed by atoms with E-state index in [9.17, 15) is 9.59 Å². The normalized spacial score (nSPS) is 22.0. The predicted molar refractivity (Wildman–Crippen MR) is 167 cm³/mol. The van der Waals surface area contributed by atoms with Gasteiger partial charge in [-0.15, -0.1) is 6.58 Å². The summed E-state index contributed by atoms with van der Waals surface area (Å²) in [6.45, 7) is 20.4. The standard InChI is InChI=1S/C36H51NO4/c1-12-26(4)36(37(10)11,30-23-27(20-19-25(30)3)32(38)41-34(5,6)7)33(39)40-31-22-24(2)18-21-29(31)35(8,9)28-16-14-13-15-17-28/h12-17,19-20,23-24,26,29,31H,1,18,21-22H2,2-11H3/t24-,26?,29-,31+,36-/m1/s1. The maximum absolute atomic E-state index is 14.7. The Morgan fingerprint density at radius 2 is 1.66 bits per heavy atom. The summed E-state index contributed by atoms with van der Waals surface area (Å²) in [5.41, 5.74) is 1.29. The minimum atomic E-state index is -1.19. The molecule has 224 valence electrons. The Kier molecular flexibility index (Phi) is 9.96. The number of hydrogen-bond acceptors (Lipinski definition) is 5. The van der Waals surface area contributed by atoms with Crippen molar-refractivity contribution in [1.29, 1.82) is 0 Å². The fourth-order valence-electron chi connectivity index (χ4n) is 6.63. The van der Waals surface area contributed by atoms with Gasteiger partial charge < -0.3 is 9.47 Å². The number of carbonyl (C=O) groups is 2. The molecule has 0 radical (unpaired) electrons. The van der Waals surface area contributed by atoms with Crippen molar-refractivity contribution in [3.8, 4) is 0 Å². The number of esters is 2. The van der Waals surface area contributed by atoms with E-state index in [2.05, 4.69) is 51.6 Å². The van der Waals surface area contributed by atoms with Gasteiger partial charge in [0.1, 0.15) is 11.7 Å². The molecule has 5 heteroatoms. The van der Waals surface area contributed by atoms with Crippen molar-refractivity contribution >= 4 is 11.9 Å². The van der Waals surface area contributed by atoms with Crippen LogP contribution in [-0.2, 0) is 25.2 Å². The minimum Gasteiger partial charge on any atom is -0.460 e. The van der Waals surface area contributed by atoms with Gasteiger partial charge in [-0.2, -0.15) is 0 Å². The van der Waals surface area contributed by atoms with E-state index in [4.69, 9.17) is 9.47 Å². The van der Waals surface area contributed by atoms with Crippen molar-refractivity contribution in [2.24, 2.45) is 17.8 Å². The summed E-state index contributed by atoms with van der Waals surface area (Å²) in [6.07, 6.45) is 4.46. The Balaban J connectivity index is 2.11. The van der Waals surface area contributed by atoms with Crippen LogP contribution in [0.3, 0.4) is 0 Å². The summed E-state index contributed by atoms with van der Waals surface area (Å²) in [4.78, 5) is 29.7. The van der Waals surface area contributed by atoms with Crippen LogP contribution in [0, 0.1) is 24.7 Å². The van der Waals surface area contributed by atoms with Crippen LogP contribution in [0.4, 0.5) is 0 Å². The van der Waals surface area contributed by atoms with Gasteiger partial charge in [0.2, 0.25) is 0 Å². The summed E-state index contributed by atoms with van der Waals surface area (Å²) >= 11 is 0. The first-order valence-electron chi connectivity index (χ1n) is 15.0. The van der Waals surface area contributed by atoms with E-state index in [1.165, 1.54) is 5.56 Å². The molecule has 1 unspecified atom stereocenters. The highest BCUT2D eigenvalue weighted by Gasteiger charge is 2.51. The fourth-order valence-corrected chi connectivity index (χ4v) is 6.63. The lowest BCUT2D eigenvalue weighted by Gasteiger charge is -2.47. The van der Waals surface area contributed by atoms with E-state index in [0.717, 1.165) is 30.4 Å². The molecule has 1 aliphatic rings. The van der Waals surface area contributed by atoms with E-state index in [0.29, 0.717) is 11.5 Å². The van der Waals surface area contributed by atoms with Crippen LogP contribution in [0.15, 0.2) is 61.2 Å². The molecule has 1 saturated carbocycles. The molecule has 5 nitrogen and oxygen atoms in total. The van der Waals surface area contributed by atoms with Crippen LogP contribution in [0.25, 0.3) is 0 Å². The number of hydrogen-bond donors (Lipinski definition) is 0. The molecule has 3 rings (SSSR count).